The summed E-state index contributed by atoms with van der Waals surface area (Å²) in [5.74, 6) is 1.48. The Labute approximate surface area is 118 Å². The molecule has 19 heavy (non-hydrogen) atoms. The number of hydrogen-bond acceptors (Lipinski definition) is 2. The minimum atomic E-state index is 0.222. The van der Waals surface area contributed by atoms with Crippen molar-refractivity contribution < 1.29 is 4.74 Å². The number of benzene rings is 1. The molecule has 1 atom stereocenters. The first-order chi connectivity index (χ1) is 9.02. The quantitative estimate of drug-likeness (QED) is 0.764. The number of nitrogens with one attached hydrogen (secondary N) is 1. The van der Waals surface area contributed by atoms with Crippen LogP contribution in [-0.2, 0) is 6.42 Å². The Balaban J connectivity index is 2.57. The second-order valence-corrected chi connectivity index (χ2v) is 5.86. The zero-order valence-electron chi connectivity index (χ0n) is 13.1. The molecule has 0 saturated carbocycles. The Bertz CT molecular complexity index is 343. The molecule has 0 aliphatic heterocycles. The zero-order valence-corrected chi connectivity index (χ0v) is 13.1. The average molecular weight is 263 g/mol. The molecule has 0 radical (unpaired) electrons. The molecular formula is C17H29NO. The Hall–Kier alpha value is -1.02. The van der Waals surface area contributed by atoms with Crippen molar-refractivity contribution >= 4 is 0 Å². The van der Waals surface area contributed by atoms with Crippen molar-refractivity contribution in [3.63, 3.8) is 0 Å². The van der Waals surface area contributed by atoms with Crippen LogP contribution >= 0.6 is 0 Å². The van der Waals surface area contributed by atoms with E-state index in [-0.39, 0.29) is 6.10 Å². The molecule has 108 valence electrons. The molecule has 0 heterocycles. The monoisotopic (exact) mass is 263 g/mol. The molecule has 1 aromatic rings. The number of rotatable bonds is 8. The number of ether oxygens (including phenoxy) is 1. The smallest absolute Gasteiger partial charge is 0.119 e. The number of aryl methyl sites for hydroxylation is 1. The van der Waals surface area contributed by atoms with E-state index in [2.05, 4.69) is 64.2 Å². The third kappa shape index (κ3) is 6.11. The van der Waals surface area contributed by atoms with Crippen molar-refractivity contribution in [1.82, 2.24) is 5.32 Å². The molecule has 2 heteroatoms. The van der Waals surface area contributed by atoms with Gasteiger partial charge < -0.3 is 10.1 Å². The van der Waals surface area contributed by atoms with Gasteiger partial charge in [-0.15, -0.1) is 0 Å². The van der Waals surface area contributed by atoms with Gasteiger partial charge in [0.2, 0.25) is 0 Å². The summed E-state index contributed by atoms with van der Waals surface area (Å²) >= 11 is 0. The lowest BCUT2D eigenvalue weighted by atomic mass is 10.1. The molecule has 0 fully saturated rings. The van der Waals surface area contributed by atoms with Crippen LogP contribution in [0.2, 0.25) is 0 Å². The highest BCUT2D eigenvalue weighted by molar-refractivity contribution is 5.27. The first kappa shape index (κ1) is 16.0. The van der Waals surface area contributed by atoms with Gasteiger partial charge in [-0.25, -0.2) is 0 Å². The van der Waals surface area contributed by atoms with Crippen LogP contribution in [0.15, 0.2) is 24.3 Å². The second-order valence-electron chi connectivity index (χ2n) is 5.86. The molecule has 0 saturated heterocycles. The van der Waals surface area contributed by atoms with E-state index >= 15 is 0 Å². The third-order valence-corrected chi connectivity index (χ3v) is 3.22. The van der Waals surface area contributed by atoms with Crippen molar-refractivity contribution in [1.29, 1.82) is 0 Å². The summed E-state index contributed by atoms with van der Waals surface area (Å²) in [5, 5.41) is 3.45. The van der Waals surface area contributed by atoms with Gasteiger partial charge in [0.15, 0.2) is 0 Å². The number of hydrogen-bond donors (Lipinski definition) is 1. The standard InChI is InChI=1S/C17H29NO/c1-6-7-15-8-10-16(11-9-15)19-17(13(2)3)12-18-14(4)5/h8-11,13-14,17-18H,6-7,12H2,1-5H3. The van der Waals surface area contributed by atoms with Crippen LogP contribution in [0, 0.1) is 5.92 Å². The van der Waals surface area contributed by atoms with Gasteiger partial charge in [0.1, 0.15) is 11.9 Å². The normalized spacial score (nSPS) is 13.0. The first-order valence-electron chi connectivity index (χ1n) is 7.52. The molecule has 1 N–H and O–H groups in total. The molecule has 0 aliphatic carbocycles. The third-order valence-electron chi connectivity index (χ3n) is 3.22. The lowest BCUT2D eigenvalue weighted by Gasteiger charge is -2.24. The highest BCUT2D eigenvalue weighted by Gasteiger charge is 2.15. The topological polar surface area (TPSA) is 21.3 Å². The zero-order chi connectivity index (χ0) is 14.3. The molecule has 0 aliphatic rings. The van der Waals surface area contributed by atoms with Crippen LogP contribution in [0.3, 0.4) is 0 Å². The maximum absolute atomic E-state index is 6.10. The molecule has 0 spiro atoms. The van der Waals surface area contributed by atoms with Gasteiger partial charge >= 0.3 is 0 Å². The maximum atomic E-state index is 6.10. The van der Waals surface area contributed by atoms with Crippen LogP contribution in [0.4, 0.5) is 0 Å². The SMILES string of the molecule is CCCc1ccc(OC(CNC(C)C)C(C)C)cc1. The van der Waals surface area contributed by atoms with E-state index in [0.29, 0.717) is 12.0 Å². The maximum Gasteiger partial charge on any atom is 0.119 e. The van der Waals surface area contributed by atoms with Gasteiger partial charge in [-0.1, -0.05) is 53.2 Å². The first-order valence-corrected chi connectivity index (χ1v) is 7.52. The Morgan fingerprint density at radius 2 is 1.68 bits per heavy atom. The van der Waals surface area contributed by atoms with Gasteiger partial charge in [0.05, 0.1) is 0 Å². The van der Waals surface area contributed by atoms with Gasteiger partial charge in [-0.3, -0.25) is 0 Å². The largest absolute Gasteiger partial charge is 0.489 e. The summed E-state index contributed by atoms with van der Waals surface area (Å²) in [4.78, 5) is 0. The van der Waals surface area contributed by atoms with E-state index in [9.17, 15) is 0 Å². The Morgan fingerprint density at radius 1 is 1.05 bits per heavy atom. The fourth-order valence-electron chi connectivity index (χ4n) is 1.96. The predicted octanol–water partition coefficient (Wildman–Crippen LogP) is 4.04. The minimum Gasteiger partial charge on any atom is -0.489 e. The van der Waals surface area contributed by atoms with Crippen LogP contribution in [0.25, 0.3) is 0 Å². The molecule has 1 unspecified atom stereocenters. The summed E-state index contributed by atoms with van der Waals surface area (Å²) < 4.78 is 6.10. The molecule has 1 aromatic carbocycles. The Morgan fingerprint density at radius 3 is 2.16 bits per heavy atom. The second kappa shape index (κ2) is 8.21. The fourth-order valence-corrected chi connectivity index (χ4v) is 1.96. The van der Waals surface area contributed by atoms with Gasteiger partial charge in [-0.05, 0) is 30.0 Å². The van der Waals surface area contributed by atoms with Crippen LogP contribution in [0.1, 0.15) is 46.6 Å². The summed E-state index contributed by atoms with van der Waals surface area (Å²) in [6.07, 6.45) is 2.55. The highest BCUT2D eigenvalue weighted by Crippen LogP contribution is 2.17. The molecule has 2 nitrogen and oxygen atoms in total. The predicted molar refractivity (Wildman–Crippen MR) is 82.8 cm³/mol. The molecule has 0 amide bonds. The van der Waals surface area contributed by atoms with Crippen LogP contribution < -0.4 is 10.1 Å². The Kier molecular flexibility index (Phi) is 6.93. The summed E-state index contributed by atoms with van der Waals surface area (Å²) in [6, 6.07) is 9.03. The molecule has 0 bridgehead atoms. The van der Waals surface area contributed by atoms with E-state index in [1.807, 2.05) is 0 Å². The van der Waals surface area contributed by atoms with Gasteiger partial charge in [-0.2, -0.15) is 0 Å². The minimum absolute atomic E-state index is 0.222. The lowest BCUT2D eigenvalue weighted by Crippen LogP contribution is -2.38. The molecular weight excluding hydrogens is 234 g/mol. The van der Waals surface area contributed by atoms with Gasteiger partial charge in [0, 0.05) is 12.6 Å². The van der Waals surface area contributed by atoms with Gasteiger partial charge in [0.25, 0.3) is 0 Å². The molecule has 0 aromatic heterocycles. The van der Waals surface area contributed by atoms with E-state index in [1.165, 1.54) is 12.0 Å². The van der Waals surface area contributed by atoms with E-state index < -0.39 is 0 Å². The van der Waals surface area contributed by atoms with Crippen LogP contribution in [-0.4, -0.2) is 18.7 Å². The molecule has 1 rings (SSSR count). The van der Waals surface area contributed by atoms with Crippen molar-refractivity contribution in [2.45, 2.75) is 59.6 Å². The van der Waals surface area contributed by atoms with E-state index in [4.69, 9.17) is 4.74 Å². The van der Waals surface area contributed by atoms with Crippen molar-refractivity contribution in [3.05, 3.63) is 29.8 Å². The van der Waals surface area contributed by atoms with Crippen molar-refractivity contribution in [3.8, 4) is 5.75 Å². The van der Waals surface area contributed by atoms with Crippen LogP contribution in [0.5, 0.6) is 5.75 Å². The van der Waals surface area contributed by atoms with Crippen molar-refractivity contribution in [2.24, 2.45) is 5.92 Å². The van der Waals surface area contributed by atoms with Crippen molar-refractivity contribution in [2.75, 3.05) is 6.54 Å². The lowest BCUT2D eigenvalue weighted by molar-refractivity contribution is 0.146. The average Bonchev–Trinajstić information content (AvgIpc) is 2.36. The summed E-state index contributed by atoms with van der Waals surface area (Å²) in [5.41, 5.74) is 1.39. The van der Waals surface area contributed by atoms with E-state index in [1.54, 1.807) is 0 Å². The summed E-state index contributed by atoms with van der Waals surface area (Å²) in [6.45, 7) is 11.8. The highest BCUT2D eigenvalue weighted by atomic mass is 16.5. The summed E-state index contributed by atoms with van der Waals surface area (Å²) in [7, 11) is 0. The fraction of sp³-hybridized carbons (Fsp3) is 0.647. The van der Waals surface area contributed by atoms with E-state index in [0.717, 1.165) is 18.7 Å².